The van der Waals surface area contributed by atoms with Gasteiger partial charge >= 0.3 is 0 Å². The Kier molecular flexibility index (Phi) is 5.55. The molecule has 1 N–H and O–H groups in total. The standard InChI is InChI=1S/C22H24N4O3/c1-2-29-19-10-6-4-8-16(19)12-23-20(27)13-26-14-24-21-17(22(26)28)11-15-7-3-5-9-18(15)25-21/h4,6,8,10-11,14H,2-3,5,7,9,12-13H2,1H3,(H,23,27). The first kappa shape index (κ1) is 19.1. The highest BCUT2D eigenvalue weighted by atomic mass is 16.5. The Balaban J connectivity index is 1.50. The van der Waals surface area contributed by atoms with Crippen LogP contribution in [0.5, 0.6) is 5.75 Å². The van der Waals surface area contributed by atoms with Crippen LogP contribution >= 0.6 is 0 Å². The van der Waals surface area contributed by atoms with Gasteiger partial charge in [-0.3, -0.25) is 14.2 Å². The van der Waals surface area contributed by atoms with Crippen molar-refractivity contribution >= 4 is 16.9 Å². The van der Waals surface area contributed by atoms with E-state index >= 15 is 0 Å². The van der Waals surface area contributed by atoms with Gasteiger partial charge in [-0.1, -0.05) is 18.2 Å². The van der Waals surface area contributed by atoms with Gasteiger partial charge in [-0.2, -0.15) is 0 Å². The van der Waals surface area contributed by atoms with Gasteiger partial charge in [0.2, 0.25) is 5.91 Å². The summed E-state index contributed by atoms with van der Waals surface area (Å²) in [4.78, 5) is 34.1. The maximum Gasteiger partial charge on any atom is 0.263 e. The Bertz CT molecular complexity index is 1110. The second-order valence-corrected chi connectivity index (χ2v) is 7.17. The van der Waals surface area contributed by atoms with Gasteiger partial charge in [0.05, 0.1) is 12.0 Å². The number of amides is 1. The Morgan fingerprint density at radius 2 is 2.07 bits per heavy atom. The second-order valence-electron chi connectivity index (χ2n) is 7.17. The molecule has 0 aliphatic heterocycles. The van der Waals surface area contributed by atoms with E-state index in [2.05, 4.69) is 15.3 Å². The molecule has 0 unspecified atom stereocenters. The van der Waals surface area contributed by atoms with Gasteiger partial charge in [-0.05, 0) is 50.3 Å². The molecule has 4 rings (SSSR count). The summed E-state index contributed by atoms with van der Waals surface area (Å²) in [5, 5.41) is 3.32. The molecular formula is C22H24N4O3. The first-order chi connectivity index (χ1) is 14.2. The molecule has 2 heterocycles. The summed E-state index contributed by atoms with van der Waals surface area (Å²) in [5.74, 6) is 0.487. The van der Waals surface area contributed by atoms with E-state index in [1.807, 2.05) is 37.3 Å². The van der Waals surface area contributed by atoms with E-state index in [9.17, 15) is 9.59 Å². The summed E-state index contributed by atoms with van der Waals surface area (Å²) in [6.45, 7) is 2.72. The average Bonchev–Trinajstić information content (AvgIpc) is 2.74. The minimum atomic E-state index is -0.259. The van der Waals surface area contributed by atoms with Crippen molar-refractivity contribution < 1.29 is 9.53 Å². The molecule has 0 saturated carbocycles. The zero-order valence-electron chi connectivity index (χ0n) is 16.5. The largest absolute Gasteiger partial charge is 0.494 e. The van der Waals surface area contributed by atoms with E-state index in [1.54, 1.807) is 0 Å². The van der Waals surface area contributed by atoms with Gasteiger partial charge in [-0.25, -0.2) is 9.97 Å². The number of nitrogens with zero attached hydrogens (tertiary/aromatic N) is 3. The van der Waals surface area contributed by atoms with Crippen LogP contribution in [0.4, 0.5) is 0 Å². The molecular weight excluding hydrogens is 368 g/mol. The summed E-state index contributed by atoms with van der Waals surface area (Å²) in [7, 11) is 0. The van der Waals surface area contributed by atoms with Crippen LogP contribution in [0.2, 0.25) is 0 Å². The van der Waals surface area contributed by atoms with E-state index in [1.165, 1.54) is 10.9 Å². The van der Waals surface area contributed by atoms with Crippen LogP contribution in [0.3, 0.4) is 0 Å². The molecule has 0 spiro atoms. The van der Waals surface area contributed by atoms with Gasteiger partial charge < -0.3 is 10.1 Å². The Labute approximate surface area is 168 Å². The minimum absolute atomic E-state index is 0.0876. The first-order valence-corrected chi connectivity index (χ1v) is 10.0. The molecule has 0 atom stereocenters. The number of nitrogens with one attached hydrogen (secondary N) is 1. The fourth-order valence-electron chi connectivity index (χ4n) is 3.67. The van der Waals surface area contributed by atoms with E-state index in [0.29, 0.717) is 24.2 Å². The van der Waals surface area contributed by atoms with Crippen LogP contribution in [0.25, 0.3) is 11.0 Å². The molecule has 1 amide bonds. The quantitative estimate of drug-likeness (QED) is 0.696. The third-order valence-corrected chi connectivity index (χ3v) is 5.15. The van der Waals surface area contributed by atoms with Gasteiger partial charge in [0.25, 0.3) is 5.56 Å². The molecule has 0 radical (unpaired) electrons. The molecule has 2 aromatic heterocycles. The number of benzene rings is 1. The van der Waals surface area contributed by atoms with E-state index in [0.717, 1.165) is 48.3 Å². The first-order valence-electron chi connectivity index (χ1n) is 10.0. The van der Waals surface area contributed by atoms with Crippen molar-refractivity contribution in [1.82, 2.24) is 19.9 Å². The van der Waals surface area contributed by atoms with Crippen LogP contribution < -0.4 is 15.6 Å². The molecule has 7 heteroatoms. The topological polar surface area (TPSA) is 86.1 Å². The number of pyridine rings is 1. The molecule has 3 aromatic rings. The van der Waals surface area contributed by atoms with Gasteiger partial charge in [0.15, 0.2) is 5.65 Å². The predicted molar refractivity (Wildman–Crippen MR) is 110 cm³/mol. The lowest BCUT2D eigenvalue weighted by molar-refractivity contribution is -0.121. The number of hydrogen-bond donors (Lipinski definition) is 1. The smallest absolute Gasteiger partial charge is 0.263 e. The lowest BCUT2D eigenvalue weighted by atomic mass is 9.95. The number of carbonyl (C=O) groups is 1. The zero-order chi connectivity index (χ0) is 20.2. The summed E-state index contributed by atoms with van der Waals surface area (Å²) in [5.41, 5.74) is 3.28. The average molecular weight is 392 g/mol. The highest BCUT2D eigenvalue weighted by Gasteiger charge is 2.15. The number of rotatable bonds is 6. The van der Waals surface area contributed by atoms with Crippen LogP contribution in [-0.2, 0) is 30.7 Å². The SMILES string of the molecule is CCOc1ccccc1CNC(=O)Cn1cnc2nc3c(cc2c1=O)CCCC3. The second kappa shape index (κ2) is 8.43. The van der Waals surface area contributed by atoms with Crippen molar-refractivity contribution in [2.75, 3.05) is 6.61 Å². The van der Waals surface area contributed by atoms with Crippen LogP contribution in [0, 0.1) is 0 Å². The minimum Gasteiger partial charge on any atom is -0.494 e. The van der Waals surface area contributed by atoms with Crippen molar-refractivity contribution in [3.63, 3.8) is 0 Å². The summed E-state index contributed by atoms with van der Waals surface area (Å²) >= 11 is 0. The summed E-state index contributed by atoms with van der Waals surface area (Å²) in [6.07, 6.45) is 5.50. The fraction of sp³-hybridized carbons (Fsp3) is 0.364. The van der Waals surface area contributed by atoms with Crippen LogP contribution in [-0.4, -0.2) is 27.0 Å². The molecule has 150 valence electrons. The van der Waals surface area contributed by atoms with E-state index in [4.69, 9.17) is 4.74 Å². The third-order valence-electron chi connectivity index (χ3n) is 5.15. The summed E-state index contributed by atoms with van der Waals surface area (Å²) < 4.78 is 6.91. The van der Waals surface area contributed by atoms with Crippen LogP contribution in [0.1, 0.15) is 36.6 Å². The van der Waals surface area contributed by atoms with Crippen molar-refractivity contribution in [2.24, 2.45) is 0 Å². The highest BCUT2D eigenvalue weighted by molar-refractivity contribution is 5.77. The summed E-state index contributed by atoms with van der Waals surface area (Å²) in [6, 6.07) is 9.47. The van der Waals surface area contributed by atoms with Crippen molar-refractivity contribution in [3.8, 4) is 5.75 Å². The number of aromatic nitrogens is 3. The third kappa shape index (κ3) is 4.13. The number of fused-ring (bicyclic) bond motifs is 2. The van der Waals surface area contributed by atoms with Gasteiger partial charge in [0.1, 0.15) is 18.6 Å². The molecule has 0 saturated heterocycles. The number of hydrogen-bond acceptors (Lipinski definition) is 5. The van der Waals surface area contributed by atoms with E-state index in [-0.39, 0.29) is 18.0 Å². The Morgan fingerprint density at radius 3 is 2.93 bits per heavy atom. The molecule has 29 heavy (non-hydrogen) atoms. The van der Waals surface area contributed by atoms with Crippen LogP contribution in [0.15, 0.2) is 41.5 Å². The number of ether oxygens (including phenoxy) is 1. The molecule has 1 aliphatic rings. The lowest BCUT2D eigenvalue weighted by Crippen LogP contribution is -2.32. The predicted octanol–water partition coefficient (Wildman–Crippen LogP) is 2.39. The zero-order valence-corrected chi connectivity index (χ0v) is 16.5. The highest BCUT2D eigenvalue weighted by Crippen LogP contribution is 2.21. The molecule has 1 aliphatic carbocycles. The number of aryl methyl sites for hydroxylation is 2. The van der Waals surface area contributed by atoms with Crippen molar-refractivity contribution in [1.29, 1.82) is 0 Å². The normalized spacial score (nSPS) is 13.1. The van der Waals surface area contributed by atoms with Gasteiger partial charge in [-0.15, -0.1) is 0 Å². The molecule has 1 aromatic carbocycles. The fourth-order valence-corrected chi connectivity index (χ4v) is 3.67. The maximum absolute atomic E-state index is 12.8. The molecule has 7 nitrogen and oxygen atoms in total. The van der Waals surface area contributed by atoms with E-state index < -0.39 is 0 Å². The molecule has 0 bridgehead atoms. The van der Waals surface area contributed by atoms with Gasteiger partial charge in [0, 0.05) is 17.8 Å². The monoisotopic (exact) mass is 392 g/mol. The lowest BCUT2D eigenvalue weighted by Gasteiger charge is -2.15. The Morgan fingerprint density at radius 1 is 1.24 bits per heavy atom. The van der Waals surface area contributed by atoms with Crippen molar-refractivity contribution in [2.45, 2.75) is 45.7 Å². The number of para-hydroxylation sites is 1. The molecule has 0 fully saturated rings. The number of carbonyl (C=O) groups excluding carboxylic acids is 1. The maximum atomic E-state index is 12.8. The van der Waals surface area contributed by atoms with Crippen molar-refractivity contribution in [3.05, 3.63) is 63.8 Å². The Hall–Kier alpha value is -3.22.